The van der Waals surface area contributed by atoms with Crippen molar-refractivity contribution in [2.24, 2.45) is 0 Å². The van der Waals surface area contributed by atoms with Crippen molar-refractivity contribution in [2.75, 3.05) is 6.61 Å². The fourth-order valence-electron chi connectivity index (χ4n) is 3.04. The minimum Gasteiger partial charge on any atom is -0.373 e. The number of amides is 1. The van der Waals surface area contributed by atoms with Gasteiger partial charge < -0.3 is 14.6 Å². The maximum atomic E-state index is 12.3. The quantitative estimate of drug-likeness (QED) is 0.941. The van der Waals surface area contributed by atoms with Crippen LogP contribution in [0.25, 0.3) is 0 Å². The molecular weight excluding hydrogens is 292 g/mol. The fourth-order valence-corrected chi connectivity index (χ4v) is 3.04. The van der Waals surface area contributed by atoms with Gasteiger partial charge in [-0.3, -0.25) is 4.79 Å². The van der Waals surface area contributed by atoms with E-state index in [9.17, 15) is 4.79 Å². The molecule has 1 saturated carbocycles. The van der Waals surface area contributed by atoms with Crippen LogP contribution in [0, 0.1) is 0 Å². The second kappa shape index (κ2) is 6.16. The molecule has 23 heavy (non-hydrogen) atoms. The van der Waals surface area contributed by atoms with Crippen molar-refractivity contribution in [3.05, 3.63) is 53.4 Å². The minimum atomic E-state index is -0.153. The van der Waals surface area contributed by atoms with Gasteiger partial charge in [-0.15, -0.1) is 0 Å². The Morgan fingerprint density at radius 2 is 2.00 bits per heavy atom. The molecule has 2 aliphatic rings. The van der Waals surface area contributed by atoms with Crippen molar-refractivity contribution >= 4 is 5.91 Å². The van der Waals surface area contributed by atoms with Crippen molar-refractivity contribution in [1.29, 1.82) is 0 Å². The van der Waals surface area contributed by atoms with E-state index in [2.05, 4.69) is 22.6 Å². The van der Waals surface area contributed by atoms with E-state index in [0.717, 1.165) is 37.0 Å². The Labute approximate surface area is 135 Å². The van der Waals surface area contributed by atoms with Crippen LogP contribution in [0.1, 0.15) is 59.5 Å². The molecule has 5 nitrogen and oxygen atoms in total. The van der Waals surface area contributed by atoms with Crippen LogP contribution in [-0.4, -0.2) is 23.7 Å². The Hall–Kier alpha value is -2.14. The summed E-state index contributed by atoms with van der Waals surface area (Å²) in [6.45, 7) is 0.649. The summed E-state index contributed by atoms with van der Waals surface area (Å²) in [6, 6.07) is 12.0. The lowest BCUT2D eigenvalue weighted by molar-refractivity contribution is 0.000848. The first kappa shape index (κ1) is 14.5. The van der Waals surface area contributed by atoms with Gasteiger partial charge in [0.2, 0.25) is 0 Å². The zero-order valence-corrected chi connectivity index (χ0v) is 12.9. The molecule has 1 N–H and O–H groups in total. The number of carbonyl (C=O) groups is 1. The molecule has 4 rings (SSSR count). The highest BCUT2D eigenvalue weighted by atomic mass is 16.5. The minimum absolute atomic E-state index is 0.0367. The number of nitrogens with zero attached hydrogens (tertiary/aromatic N) is 1. The summed E-state index contributed by atoms with van der Waals surface area (Å²) in [7, 11) is 0. The molecule has 120 valence electrons. The van der Waals surface area contributed by atoms with Crippen LogP contribution < -0.4 is 5.32 Å². The molecule has 1 aliphatic heterocycles. The second-order valence-electron chi connectivity index (χ2n) is 6.35. The summed E-state index contributed by atoms with van der Waals surface area (Å²) in [5.41, 5.74) is 1.54. The van der Waals surface area contributed by atoms with Crippen molar-refractivity contribution in [1.82, 2.24) is 10.5 Å². The highest BCUT2D eigenvalue weighted by molar-refractivity contribution is 5.92. The van der Waals surface area contributed by atoms with Crippen molar-refractivity contribution in [2.45, 2.75) is 43.7 Å². The Morgan fingerprint density at radius 1 is 1.17 bits per heavy atom. The first-order valence-electron chi connectivity index (χ1n) is 8.23. The van der Waals surface area contributed by atoms with Gasteiger partial charge in [0, 0.05) is 24.6 Å². The molecule has 1 aromatic heterocycles. The van der Waals surface area contributed by atoms with Gasteiger partial charge in [-0.05, 0) is 31.2 Å². The average molecular weight is 312 g/mol. The monoisotopic (exact) mass is 312 g/mol. The molecule has 1 saturated heterocycles. The van der Waals surface area contributed by atoms with Crippen molar-refractivity contribution in [3.8, 4) is 0 Å². The molecular formula is C18H20N2O3. The van der Waals surface area contributed by atoms with Crippen LogP contribution in [0.15, 0.2) is 40.9 Å². The van der Waals surface area contributed by atoms with E-state index in [4.69, 9.17) is 9.26 Å². The third-order valence-electron chi connectivity index (χ3n) is 4.53. The predicted molar refractivity (Wildman–Crippen MR) is 84.1 cm³/mol. The number of nitrogens with one attached hydrogen (secondary N) is 1. The number of rotatable bonds is 4. The molecule has 1 aliphatic carbocycles. The summed E-state index contributed by atoms with van der Waals surface area (Å²) in [5.74, 6) is 1.15. The molecule has 5 heteroatoms. The Balaban J connectivity index is 1.38. The summed E-state index contributed by atoms with van der Waals surface area (Å²) in [4.78, 5) is 12.3. The van der Waals surface area contributed by atoms with Gasteiger partial charge in [0.1, 0.15) is 5.76 Å². The first-order valence-corrected chi connectivity index (χ1v) is 8.23. The lowest BCUT2D eigenvalue weighted by Crippen LogP contribution is -2.40. The molecule has 2 atom stereocenters. The van der Waals surface area contributed by atoms with Crippen LogP contribution >= 0.6 is 0 Å². The zero-order chi connectivity index (χ0) is 15.6. The van der Waals surface area contributed by atoms with Gasteiger partial charge in [-0.2, -0.15) is 0 Å². The number of carbonyl (C=O) groups excluding carboxylic acids is 1. The second-order valence-corrected chi connectivity index (χ2v) is 6.35. The Bertz CT molecular complexity index is 679. The van der Waals surface area contributed by atoms with E-state index >= 15 is 0 Å². The molecule has 0 radical (unpaired) electrons. The molecule has 2 aromatic rings. The van der Waals surface area contributed by atoms with E-state index in [1.807, 2.05) is 18.2 Å². The van der Waals surface area contributed by atoms with Gasteiger partial charge in [0.25, 0.3) is 5.91 Å². The molecule has 1 amide bonds. The van der Waals surface area contributed by atoms with Gasteiger partial charge >= 0.3 is 0 Å². The number of hydrogen-bond donors (Lipinski definition) is 1. The SMILES string of the molecule is O=C(NC1CCOC(c2ccccc2)C1)c1cc(C2CC2)on1. The van der Waals surface area contributed by atoms with Crippen LogP contribution in [0.2, 0.25) is 0 Å². The van der Waals surface area contributed by atoms with Crippen molar-refractivity contribution in [3.63, 3.8) is 0 Å². The summed E-state index contributed by atoms with van der Waals surface area (Å²) < 4.78 is 11.1. The number of hydrogen-bond acceptors (Lipinski definition) is 4. The largest absolute Gasteiger partial charge is 0.373 e. The predicted octanol–water partition coefficient (Wildman–Crippen LogP) is 3.20. The van der Waals surface area contributed by atoms with E-state index in [0.29, 0.717) is 18.2 Å². The lowest BCUT2D eigenvalue weighted by Gasteiger charge is -2.30. The van der Waals surface area contributed by atoms with Crippen LogP contribution in [0.5, 0.6) is 0 Å². The topological polar surface area (TPSA) is 64.4 Å². The van der Waals surface area contributed by atoms with Crippen molar-refractivity contribution < 1.29 is 14.1 Å². The van der Waals surface area contributed by atoms with E-state index in [1.54, 1.807) is 6.07 Å². The maximum Gasteiger partial charge on any atom is 0.273 e. The van der Waals surface area contributed by atoms with Crippen LogP contribution in [0.4, 0.5) is 0 Å². The highest BCUT2D eigenvalue weighted by Crippen LogP contribution is 2.40. The molecule has 1 aromatic carbocycles. The number of benzene rings is 1. The maximum absolute atomic E-state index is 12.3. The molecule has 0 bridgehead atoms. The lowest BCUT2D eigenvalue weighted by atomic mass is 9.97. The third kappa shape index (κ3) is 3.29. The smallest absolute Gasteiger partial charge is 0.273 e. The fraction of sp³-hybridized carbons (Fsp3) is 0.444. The molecule has 0 spiro atoms. The highest BCUT2D eigenvalue weighted by Gasteiger charge is 2.30. The van der Waals surface area contributed by atoms with Gasteiger partial charge in [0.05, 0.1) is 6.10 Å². The number of ether oxygens (including phenoxy) is 1. The number of aromatic nitrogens is 1. The molecule has 2 fully saturated rings. The first-order chi connectivity index (χ1) is 11.3. The zero-order valence-electron chi connectivity index (χ0n) is 12.9. The van der Waals surface area contributed by atoms with Gasteiger partial charge in [-0.1, -0.05) is 35.5 Å². The van der Waals surface area contributed by atoms with E-state index < -0.39 is 0 Å². The molecule has 2 heterocycles. The molecule has 2 unspecified atom stereocenters. The Morgan fingerprint density at radius 3 is 2.78 bits per heavy atom. The van der Waals surface area contributed by atoms with Gasteiger partial charge in [-0.25, -0.2) is 0 Å². The summed E-state index contributed by atoms with van der Waals surface area (Å²) in [6.07, 6.45) is 3.91. The van der Waals surface area contributed by atoms with E-state index in [-0.39, 0.29) is 18.1 Å². The Kier molecular flexibility index (Phi) is 3.87. The van der Waals surface area contributed by atoms with Gasteiger partial charge in [0.15, 0.2) is 5.69 Å². The third-order valence-corrected chi connectivity index (χ3v) is 4.53. The average Bonchev–Trinajstić information content (AvgIpc) is 3.33. The summed E-state index contributed by atoms with van der Waals surface area (Å²) >= 11 is 0. The van der Waals surface area contributed by atoms with E-state index in [1.165, 1.54) is 0 Å². The standard InChI is InChI=1S/C18H20N2O3/c21-18(15-11-17(23-20-15)13-6-7-13)19-14-8-9-22-16(10-14)12-4-2-1-3-5-12/h1-5,11,13-14,16H,6-10H2,(H,19,21). The summed E-state index contributed by atoms with van der Waals surface area (Å²) in [5, 5.41) is 6.97. The van der Waals surface area contributed by atoms with Crippen LogP contribution in [0.3, 0.4) is 0 Å². The van der Waals surface area contributed by atoms with Crippen LogP contribution in [-0.2, 0) is 4.74 Å². The normalized spacial score (nSPS) is 24.3.